The van der Waals surface area contributed by atoms with Gasteiger partial charge in [0, 0.05) is 5.92 Å². The first kappa shape index (κ1) is 15.9. The van der Waals surface area contributed by atoms with E-state index < -0.39 is 5.41 Å². The van der Waals surface area contributed by atoms with Crippen LogP contribution in [0, 0.1) is 5.92 Å². The molecule has 0 radical (unpaired) electrons. The fourth-order valence-corrected chi connectivity index (χ4v) is 4.31. The lowest BCUT2D eigenvalue weighted by molar-refractivity contribution is -0.910. The summed E-state index contributed by atoms with van der Waals surface area (Å²) in [6, 6.07) is 20.6. The second kappa shape index (κ2) is 5.61. The van der Waals surface area contributed by atoms with Gasteiger partial charge in [0.15, 0.2) is 0 Å². The number of carbonyl (C=O) groups excluding carboxylic acids is 1. The Labute approximate surface area is 139 Å². The van der Waals surface area contributed by atoms with E-state index in [2.05, 4.69) is 52.2 Å². The number of hydrogen-bond donors (Lipinski definition) is 0. The van der Waals surface area contributed by atoms with E-state index in [9.17, 15) is 4.79 Å². The Kier molecular flexibility index (Phi) is 3.89. The minimum atomic E-state index is -0.546. The third-order valence-electron chi connectivity index (χ3n) is 5.76. The molecule has 23 heavy (non-hydrogen) atoms. The molecule has 3 rings (SSSR count). The maximum atomic E-state index is 13.7. The highest BCUT2D eigenvalue weighted by Crippen LogP contribution is 2.46. The van der Waals surface area contributed by atoms with Crippen LogP contribution in [0.25, 0.3) is 0 Å². The van der Waals surface area contributed by atoms with Gasteiger partial charge in [0.05, 0.1) is 26.1 Å². The van der Waals surface area contributed by atoms with Crippen LogP contribution in [0.5, 0.6) is 0 Å². The van der Waals surface area contributed by atoms with E-state index in [1.165, 1.54) is 0 Å². The molecule has 1 aliphatic rings. The number of Topliss-reactive ketones (excluding diaryl/α,β-unsaturated/α-hetero) is 1. The first-order chi connectivity index (χ1) is 10.9. The number of ketones is 1. The molecule has 120 valence electrons. The van der Waals surface area contributed by atoms with Crippen LogP contribution in [0.3, 0.4) is 0 Å². The van der Waals surface area contributed by atoms with E-state index in [0.29, 0.717) is 5.78 Å². The molecular formula is C21H26NO+. The van der Waals surface area contributed by atoms with E-state index in [1.807, 2.05) is 36.4 Å². The first-order valence-corrected chi connectivity index (χ1v) is 8.38. The molecule has 2 nitrogen and oxygen atoms in total. The average molecular weight is 308 g/mol. The Morgan fingerprint density at radius 2 is 1.30 bits per heavy atom. The normalized spacial score (nSPS) is 26.0. The lowest BCUT2D eigenvalue weighted by Crippen LogP contribution is -2.66. The van der Waals surface area contributed by atoms with Crippen molar-refractivity contribution in [3.05, 3.63) is 71.8 Å². The fourth-order valence-electron chi connectivity index (χ4n) is 4.31. The van der Waals surface area contributed by atoms with Gasteiger partial charge in [-0.3, -0.25) is 4.79 Å². The summed E-state index contributed by atoms with van der Waals surface area (Å²) in [5, 5.41) is 0. The van der Waals surface area contributed by atoms with Gasteiger partial charge in [0.2, 0.25) is 5.78 Å². The van der Waals surface area contributed by atoms with Crippen LogP contribution in [0.2, 0.25) is 0 Å². The Hall–Kier alpha value is -1.93. The van der Waals surface area contributed by atoms with Crippen LogP contribution in [0.4, 0.5) is 0 Å². The van der Waals surface area contributed by atoms with Crippen molar-refractivity contribution in [2.24, 2.45) is 5.92 Å². The minimum Gasteiger partial charge on any atom is -0.320 e. The van der Waals surface area contributed by atoms with E-state index in [0.717, 1.165) is 22.2 Å². The lowest BCUT2D eigenvalue weighted by atomic mass is 9.59. The lowest BCUT2D eigenvalue weighted by Gasteiger charge is -2.51. The zero-order chi connectivity index (χ0) is 16.7. The van der Waals surface area contributed by atoms with E-state index in [4.69, 9.17) is 0 Å². The average Bonchev–Trinajstić information content (AvgIpc) is 2.55. The first-order valence-electron chi connectivity index (χ1n) is 8.38. The highest BCUT2D eigenvalue weighted by molar-refractivity contribution is 5.97. The molecule has 2 heteroatoms. The van der Waals surface area contributed by atoms with Gasteiger partial charge in [0.1, 0.15) is 6.04 Å². The second-order valence-electron chi connectivity index (χ2n) is 7.44. The fraction of sp³-hybridized carbons (Fsp3) is 0.381. The third kappa shape index (κ3) is 2.33. The number of likely N-dealkylation sites (N-methyl/N-ethyl adjacent to an activating group) is 1. The van der Waals surface area contributed by atoms with Gasteiger partial charge in [-0.25, -0.2) is 0 Å². The molecule has 0 amide bonds. The summed E-state index contributed by atoms with van der Waals surface area (Å²) in [7, 11) is 4.33. The van der Waals surface area contributed by atoms with E-state index in [-0.39, 0.29) is 12.0 Å². The number of carbonyl (C=O) groups is 1. The van der Waals surface area contributed by atoms with E-state index >= 15 is 0 Å². The second-order valence-corrected chi connectivity index (χ2v) is 7.44. The van der Waals surface area contributed by atoms with Crippen LogP contribution in [0.1, 0.15) is 25.0 Å². The highest BCUT2D eigenvalue weighted by Gasteiger charge is 2.57. The third-order valence-corrected chi connectivity index (χ3v) is 5.76. The van der Waals surface area contributed by atoms with Crippen LogP contribution in [-0.4, -0.2) is 36.9 Å². The van der Waals surface area contributed by atoms with Gasteiger partial charge < -0.3 is 4.48 Å². The zero-order valence-electron chi connectivity index (χ0n) is 14.5. The van der Waals surface area contributed by atoms with E-state index in [1.54, 1.807) is 0 Å². The Morgan fingerprint density at radius 3 is 1.74 bits per heavy atom. The van der Waals surface area contributed by atoms with Crippen molar-refractivity contribution in [1.29, 1.82) is 0 Å². The van der Waals surface area contributed by atoms with Crippen LogP contribution in [-0.2, 0) is 10.2 Å². The maximum Gasteiger partial charge on any atom is 0.204 e. The number of hydrogen-bond acceptors (Lipinski definition) is 1. The van der Waals surface area contributed by atoms with Gasteiger partial charge in [-0.2, -0.15) is 0 Å². The van der Waals surface area contributed by atoms with Crippen molar-refractivity contribution in [1.82, 2.24) is 0 Å². The molecule has 2 aromatic carbocycles. The van der Waals surface area contributed by atoms with Crippen LogP contribution >= 0.6 is 0 Å². The quantitative estimate of drug-likeness (QED) is 0.774. The van der Waals surface area contributed by atoms with Gasteiger partial charge in [-0.15, -0.1) is 0 Å². The minimum absolute atomic E-state index is 0.0217. The SMILES string of the molecule is C[C@H]1C[N+](C)(C)[C@@H](C)C(=O)C1(c1ccccc1)c1ccccc1. The summed E-state index contributed by atoms with van der Waals surface area (Å²) >= 11 is 0. The van der Waals surface area contributed by atoms with Crippen molar-refractivity contribution >= 4 is 5.78 Å². The van der Waals surface area contributed by atoms with Gasteiger partial charge in [-0.05, 0) is 18.1 Å². The zero-order valence-corrected chi connectivity index (χ0v) is 14.5. The van der Waals surface area contributed by atoms with Crippen molar-refractivity contribution in [2.75, 3.05) is 20.6 Å². The molecule has 0 aliphatic carbocycles. The monoisotopic (exact) mass is 308 g/mol. The van der Waals surface area contributed by atoms with Gasteiger partial charge in [-0.1, -0.05) is 67.6 Å². The topological polar surface area (TPSA) is 17.1 Å². The van der Waals surface area contributed by atoms with Crippen molar-refractivity contribution in [3.63, 3.8) is 0 Å². The van der Waals surface area contributed by atoms with Gasteiger partial charge >= 0.3 is 0 Å². The highest BCUT2D eigenvalue weighted by atomic mass is 16.1. The molecular weight excluding hydrogens is 282 g/mol. The van der Waals surface area contributed by atoms with Crippen molar-refractivity contribution in [3.8, 4) is 0 Å². The molecule has 0 unspecified atom stereocenters. The predicted molar refractivity (Wildman–Crippen MR) is 94.3 cm³/mol. The van der Waals surface area contributed by atoms with Crippen LogP contribution in [0.15, 0.2) is 60.7 Å². The van der Waals surface area contributed by atoms with Crippen molar-refractivity contribution in [2.45, 2.75) is 25.3 Å². The summed E-state index contributed by atoms with van der Waals surface area (Å²) in [4.78, 5) is 13.7. The maximum absolute atomic E-state index is 13.7. The molecule has 1 fully saturated rings. The Bertz CT molecular complexity index is 651. The van der Waals surface area contributed by atoms with Crippen molar-refractivity contribution < 1.29 is 9.28 Å². The molecule has 1 heterocycles. The largest absolute Gasteiger partial charge is 0.320 e. The number of likely N-dealkylation sites (tertiary alicyclic amines) is 1. The number of quaternary nitrogens is 1. The molecule has 0 bridgehead atoms. The summed E-state index contributed by atoms with van der Waals surface area (Å²) in [5.41, 5.74) is 1.70. The summed E-state index contributed by atoms with van der Waals surface area (Å²) in [6.07, 6.45) is 0. The smallest absolute Gasteiger partial charge is 0.204 e. The Balaban J connectivity index is 2.27. The molecule has 1 aliphatic heterocycles. The Morgan fingerprint density at radius 1 is 0.870 bits per heavy atom. The summed E-state index contributed by atoms with van der Waals surface area (Å²) in [6.45, 7) is 5.29. The number of piperidine rings is 1. The molecule has 2 atom stereocenters. The molecule has 1 saturated heterocycles. The predicted octanol–water partition coefficient (Wildman–Crippen LogP) is 3.66. The molecule has 0 spiro atoms. The molecule has 0 aromatic heterocycles. The summed E-state index contributed by atoms with van der Waals surface area (Å²) < 4.78 is 0.751. The molecule has 0 saturated carbocycles. The molecule has 2 aromatic rings. The molecule has 0 N–H and O–H groups in total. The number of nitrogens with zero attached hydrogens (tertiary/aromatic N) is 1. The van der Waals surface area contributed by atoms with Crippen LogP contribution < -0.4 is 0 Å². The number of rotatable bonds is 2. The summed E-state index contributed by atoms with van der Waals surface area (Å²) in [5.74, 6) is 0.574. The number of benzene rings is 2. The standard InChI is InChI=1S/C21H26NO/c1-16-15-22(3,4)17(2)20(23)21(16,18-11-7-5-8-12-18)19-13-9-6-10-14-19/h5-14,16-17H,15H2,1-4H3/q+1/t16-,17-/m0/s1. The van der Waals surface area contributed by atoms with Gasteiger partial charge in [0.25, 0.3) is 0 Å².